The molecule has 6 heteroatoms. The summed E-state index contributed by atoms with van der Waals surface area (Å²) in [4.78, 5) is 23.7. The first-order valence-corrected chi connectivity index (χ1v) is 10.5. The Balaban J connectivity index is 1.36. The highest BCUT2D eigenvalue weighted by Gasteiger charge is 2.24. The van der Waals surface area contributed by atoms with Gasteiger partial charge in [0.1, 0.15) is 10.6 Å². The number of thiophene rings is 1. The number of methoxy groups -OCH3 is 1. The number of amides is 1. The van der Waals surface area contributed by atoms with Crippen molar-refractivity contribution >= 4 is 44.1 Å². The minimum atomic E-state index is 0.0994. The van der Waals surface area contributed by atoms with Gasteiger partial charge in [-0.1, -0.05) is 18.2 Å². The van der Waals surface area contributed by atoms with Crippen LogP contribution in [-0.4, -0.2) is 49.1 Å². The minimum absolute atomic E-state index is 0.0994. The van der Waals surface area contributed by atoms with Gasteiger partial charge < -0.3 is 14.5 Å². The number of hydrogen-bond donors (Lipinski definition) is 0. The first kappa shape index (κ1) is 17.9. The predicted molar refractivity (Wildman–Crippen MR) is 118 cm³/mol. The van der Waals surface area contributed by atoms with Crippen LogP contribution in [0.5, 0.6) is 5.75 Å². The van der Waals surface area contributed by atoms with Crippen molar-refractivity contribution in [3.8, 4) is 5.75 Å². The molecule has 146 valence electrons. The van der Waals surface area contributed by atoms with Crippen LogP contribution in [0.3, 0.4) is 0 Å². The van der Waals surface area contributed by atoms with E-state index in [1.54, 1.807) is 7.11 Å². The Bertz CT molecular complexity index is 1180. The molecule has 1 saturated heterocycles. The molecule has 5 nitrogen and oxygen atoms in total. The number of anilines is 1. The number of para-hydroxylation sites is 1. The molecule has 2 aromatic heterocycles. The third kappa shape index (κ3) is 3.40. The maximum Gasteiger partial charge on any atom is 0.264 e. The lowest BCUT2D eigenvalue weighted by Crippen LogP contribution is -2.48. The number of rotatable bonds is 3. The largest absolute Gasteiger partial charge is 0.497 e. The molecule has 1 fully saturated rings. The third-order valence-electron chi connectivity index (χ3n) is 5.41. The molecule has 0 aliphatic carbocycles. The molecule has 0 spiro atoms. The number of nitrogens with zero attached hydrogens (tertiary/aromatic N) is 3. The minimum Gasteiger partial charge on any atom is -0.497 e. The first-order chi connectivity index (χ1) is 14.2. The van der Waals surface area contributed by atoms with Crippen molar-refractivity contribution in [3.05, 3.63) is 65.5 Å². The lowest BCUT2D eigenvalue weighted by atomic mass is 10.2. The van der Waals surface area contributed by atoms with Crippen LogP contribution in [0.25, 0.3) is 21.1 Å². The van der Waals surface area contributed by atoms with E-state index in [0.29, 0.717) is 0 Å². The van der Waals surface area contributed by atoms with E-state index in [1.807, 2.05) is 35.2 Å². The molecule has 0 atom stereocenters. The lowest BCUT2D eigenvalue weighted by molar-refractivity contribution is 0.0751. The quantitative estimate of drug-likeness (QED) is 0.508. The monoisotopic (exact) mass is 403 g/mol. The van der Waals surface area contributed by atoms with Gasteiger partial charge in [-0.15, -0.1) is 11.3 Å². The Hall–Kier alpha value is -3.12. The second-order valence-corrected chi connectivity index (χ2v) is 8.20. The summed E-state index contributed by atoms with van der Waals surface area (Å²) in [6.07, 6.45) is 0. The molecule has 29 heavy (non-hydrogen) atoms. The van der Waals surface area contributed by atoms with Crippen molar-refractivity contribution in [2.75, 3.05) is 38.2 Å². The summed E-state index contributed by atoms with van der Waals surface area (Å²) in [6.45, 7) is 3.16. The second-order valence-electron chi connectivity index (χ2n) is 7.17. The summed E-state index contributed by atoms with van der Waals surface area (Å²) >= 11 is 1.47. The summed E-state index contributed by atoms with van der Waals surface area (Å²) in [7, 11) is 1.66. The Morgan fingerprint density at radius 2 is 1.76 bits per heavy atom. The van der Waals surface area contributed by atoms with Gasteiger partial charge in [-0.3, -0.25) is 4.79 Å². The zero-order chi connectivity index (χ0) is 19.8. The van der Waals surface area contributed by atoms with Gasteiger partial charge >= 0.3 is 0 Å². The Labute approximate surface area is 173 Å². The summed E-state index contributed by atoms with van der Waals surface area (Å²) < 4.78 is 5.31. The van der Waals surface area contributed by atoms with Gasteiger partial charge in [-0.2, -0.15) is 0 Å². The van der Waals surface area contributed by atoms with Crippen LogP contribution in [0.15, 0.2) is 60.7 Å². The fraction of sp³-hybridized carbons (Fsp3) is 0.217. The maximum absolute atomic E-state index is 13.1. The Morgan fingerprint density at radius 1 is 0.966 bits per heavy atom. The molecule has 1 amide bonds. The highest BCUT2D eigenvalue weighted by molar-refractivity contribution is 7.20. The number of fused-ring (bicyclic) bond motifs is 2. The van der Waals surface area contributed by atoms with Crippen LogP contribution in [-0.2, 0) is 0 Å². The molecule has 0 saturated carbocycles. The van der Waals surface area contributed by atoms with Crippen LogP contribution >= 0.6 is 11.3 Å². The zero-order valence-electron chi connectivity index (χ0n) is 16.2. The Morgan fingerprint density at radius 3 is 2.52 bits per heavy atom. The van der Waals surface area contributed by atoms with Crippen LogP contribution in [0.2, 0.25) is 0 Å². The molecule has 2 aromatic carbocycles. The normalized spacial score (nSPS) is 14.5. The van der Waals surface area contributed by atoms with Crippen LogP contribution in [0.1, 0.15) is 9.67 Å². The third-order valence-corrected chi connectivity index (χ3v) is 6.44. The molecule has 1 aliphatic rings. The van der Waals surface area contributed by atoms with Crippen molar-refractivity contribution in [1.29, 1.82) is 0 Å². The molecule has 3 heterocycles. The number of carbonyl (C=O) groups excluding carboxylic acids is 1. The highest BCUT2D eigenvalue weighted by Crippen LogP contribution is 2.30. The average molecular weight is 404 g/mol. The van der Waals surface area contributed by atoms with Crippen molar-refractivity contribution in [2.45, 2.75) is 0 Å². The summed E-state index contributed by atoms with van der Waals surface area (Å²) in [5.74, 6) is 0.906. The van der Waals surface area contributed by atoms with E-state index in [1.165, 1.54) is 17.0 Å². The van der Waals surface area contributed by atoms with Gasteiger partial charge in [-0.05, 0) is 42.5 Å². The fourth-order valence-corrected chi connectivity index (χ4v) is 4.80. The molecular weight excluding hydrogens is 382 g/mol. The number of piperazine rings is 1. The summed E-state index contributed by atoms with van der Waals surface area (Å²) in [5, 5.41) is 2.02. The lowest BCUT2D eigenvalue weighted by Gasteiger charge is -2.35. The van der Waals surface area contributed by atoms with E-state index in [0.717, 1.165) is 57.9 Å². The summed E-state index contributed by atoms with van der Waals surface area (Å²) in [6, 6.07) is 20.3. The molecule has 0 radical (unpaired) electrons. The number of carbonyl (C=O) groups is 1. The Kier molecular flexibility index (Phi) is 4.56. The van der Waals surface area contributed by atoms with Gasteiger partial charge in [0, 0.05) is 42.6 Å². The molecule has 5 rings (SSSR count). The van der Waals surface area contributed by atoms with E-state index >= 15 is 0 Å². The van der Waals surface area contributed by atoms with Crippen LogP contribution in [0, 0.1) is 0 Å². The van der Waals surface area contributed by atoms with Gasteiger partial charge in [-0.25, -0.2) is 4.98 Å². The van der Waals surface area contributed by atoms with E-state index in [4.69, 9.17) is 9.72 Å². The van der Waals surface area contributed by atoms with Crippen LogP contribution in [0.4, 0.5) is 5.69 Å². The van der Waals surface area contributed by atoms with Gasteiger partial charge in [0.15, 0.2) is 0 Å². The van der Waals surface area contributed by atoms with Crippen molar-refractivity contribution < 1.29 is 9.53 Å². The van der Waals surface area contributed by atoms with Crippen molar-refractivity contribution in [3.63, 3.8) is 0 Å². The van der Waals surface area contributed by atoms with Gasteiger partial charge in [0.05, 0.1) is 17.5 Å². The number of hydrogen-bond acceptors (Lipinski definition) is 5. The van der Waals surface area contributed by atoms with E-state index < -0.39 is 0 Å². The topological polar surface area (TPSA) is 45.7 Å². The van der Waals surface area contributed by atoms with E-state index in [-0.39, 0.29) is 5.91 Å². The molecular formula is C23H21N3O2S. The average Bonchev–Trinajstić information content (AvgIpc) is 3.20. The van der Waals surface area contributed by atoms with E-state index in [2.05, 4.69) is 35.2 Å². The standard InChI is InChI=1S/C23H21N3O2S/c1-28-19-7-8-20-16(14-19)13-17-15-21(29-22(17)24-20)23(27)26-11-9-25(10-12-26)18-5-3-2-4-6-18/h2-8,13-15H,9-12H2,1H3. The van der Waals surface area contributed by atoms with Gasteiger partial charge in [0.25, 0.3) is 5.91 Å². The van der Waals surface area contributed by atoms with Gasteiger partial charge in [0.2, 0.25) is 0 Å². The second kappa shape index (κ2) is 7.37. The van der Waals surface area contributed by atoms with Crippen molar-refractivity contribution in [2.24, 2.45) is 0 Å². The number of benzene rings is 2. The van der Waals surface area contributed by atoms with Crippen molar-refractivity contribution in [1.82, 2.24) is 9.88 Å². The van der Waals surface area contributed by atoms with Crippen LogP contribution < -0.4 is 9.64 Å². The number of pyridine rings is 1. The summed E-state index contributed by atoms with van der Waals surface area (Å²) in [5.41, 5.74) is 2.13. The fourth-order valence-electron chi connectivity index (χ4n) is 3.81. The molecule has 4 aromatic rings. The first-order valence-electron chi connectivity index (χ1n) is 9.69. The predicted octanol–water partition coefficient (Wildman–Crippen LogP) is 4.42. The maximum atomic E-state index is 13.1. The molecule has 0 bridgehead atoms. The zero-order valence-corrected chi connectivity index (χ0v) is 17.0. The van der Waals surface area contributed by atoms with E-state index in [9.17, 15) is 4.79 Å². The highest BCUT2D eigenvalue weighted by atomic mass is 32.1. The molecule has 1 aliphatic heterocycles. The molecule has 0 N–H and O–H groups in total. The number of aromatic nitrogens is 1. The smallest absolute Gasteiger partial charge is 0.264 e. The molecule has 0 unspecified atom stereocenters. The number of ether oxygens (including phenoxy) is 1. The SMILES string of the molecule is COc1ccc2nc3sc(C(=O)N4CCN(c5ccccc5)CC4)cc3cc2c1.